The fraction of sp³-hybridized carbons (Fsp3) is 0.455. The summed E-state index contributed by atoms with van der Waals surface area (Å²) >= 11 is 4.39. The van der Waals surface area contributed by atoms with Crippen molar-refractivity contribution in [2.45, 2.75) is 25.2 Å². The Bertz CT molecular complexity index is 267. The molecule has 0 radical (unpaired) electrons. The van der Waals surface area contributed by atoms with E-state index in [-0.39, 0.29) is 0 Å². The van der Waals surface area contributed by atoms with Crippen molar-refractivity contribution in [1.29, 1.82) is 0 Å². The molecule has 1 aromatic carbocycles. The van der Waals surface area contributed by atoms with Crippen LogP contribution in [0.1, 0.15) is 29.9 Å². The van der Waals surface area contributed by atoms with Crippen LogP contribution in [0.15, 0.2) is 24.3 Å². The Kier molecular flexibility index (Phi) is 2.40. The van der Waals surface area contributed by atoms with Crippen LogP contribution in [-0.4, -0.2) is 5.75 Å². The number of rotatable bonds is 1. The quantitative estimate of drug-likeness (QED) is 0.628. The van der Waals surface area contributed by atoms with E-state index in [0.717, 1.165) is 5.75 Å². The van der Waals surface area contributed by atoms with Crippen molar-refractivity contribution in [3.05, 3.63) is 35.4 Å². The predicted molar refractivity (Wildman–Crippen MR) is 56.0 cm³/mol. The molecule has 0 heterocycles. The third-order valence-electron chi connectivity index (χ3n) is 2.71. The summed E-state index contributed by atoms with van der Waals surface area (Å²) < 4.78 is 0. The van der Waals surface area contributed by atoms with Gasteiger partial charge in [0.05, 0.1) is 0 Å². The number of thiol groups is 1. The average molecular weight is 178 g/mol. The Morgan fingerprint density at radius 1 is 1.33 bits per heavy atom. The molecule has 0 N–H and O–H groups in total. The molecule has 12 heavy (non-hydrogen) atoms. The third kappa shape index (κ3) is 1.38. The van der Waals surface area contributed by atoms with Gasteiger partial charge in [0.15, 0.2) is 0 Å². The third-order valence-corrected chi connectivity index (χ3v) is 3.15. The van der Waals surface area contributed by atoms with Crippen LogP contribution in [-0.2, 0) is 6.42 Å². The van der Waals surface area contributed by atoms with Gasteiger partial charge in [-0.1, -0.05) is 24.3 Å². The van der Waals surface area contributed by atoms with Gasteiger partial charge in [-0.05, 0) is 42.1 Å². The van der Waals surface area contributed by atoms with Crippen molar-refractivity contribution >= 4 is 12.6 Å². The highest BCUT2D eigenvalue weighted by Crippen LogP contribution is 2.31. The molecule has 0 bridgehead atoms. The molecule has 2 rings (SSSR count). The Morgan fingerprint density at radius 3 is 3.00 bits per heavy atom. The van der Waals surface area contributed by atoms with Crippen molar-refractivity contribution in [3.63, 3.8) is 0 Å². The number of hydrogen-bond donors (Lipinski definition) is 1. The second-order valence-electron chi connectivity index (χ2n) is 3.47. The molecule has 1 aliphatic carbocycles. The molecule has 0 aromatic heterocycles. The zero-order chi connectivity index (χ0) is 8.39. The van der Waals surface area contributed by atoms with Crippen molar-refractivity contribution in [3.8, 4) is 0 Å². The lowest BCUT2D eigenvalue weighted by Crippen LogP contribution is -2.10. The Balaban J connectivity index is 2.37. The summed E-state index contributed by atoms with van der Waals surface area (Å²) in [7, 11) is 0. The van der Waals surface area contributed by atoms with E-state index in [1.54, 1.807) is 11.1 Å². The van der Waals surface area contributed by atoms with Crippen molar-refractivity contribution in [2.24, 2.45) is 0 Å². The Labute approximate surface area is 79.4 Å². The maximum Gasteiger partial charge on any atom is -0.00288 e. The van der Waals surface area contributed by atoms with Crippen molar-refractivity contribution < 1.29 is 0 Å². The van der Waals surface area contributed by atoms with Crippen molar-refractivity contribution in [2.75, 3.05) is 5.75 Å². The van der Waals surface area contributed by atoms with Crippen LogP contribution in [0.3, 0.4) is 0 Å². The summed E-state index contributed by atoms with van der Waals surface area (Å²) in [5.41, 5.74) is 3.08. The molecule has 0 saturated carbocycles. The molecule has 1 atom stereocenters. The molecule has 0 amide bonds. The van der Waals surface area contributed by atoms with Gasteiger partial charge in [0, 0.05) is 0 Å². The molecule has 0 spiro atoms. The summed E-state index contributed by atoms with van der Waals surface area (Å²) in [5, 5.41) is 0. The molecule has 0 aliphatic heterocycles. The first-order chi connectivity index (χ1) is 5.92. The minimum absolute atomic E-state index is 0.707. The fourth-order valence-corrected chi connectivity index (χ4v) is 2.42. The first-order valence-electron chi connectivity index (χ1n) is 4.60. The molecule has 1 unspecified atom stereocenters. The molecule has 0 nitrogen and oxygen atoms in total. The summed E-state index contributed by atoms with van der Waals surface area (Å²) in [6.45, 7) is 0. The molecule has 1 aromatic rings. The first-order valence-corrected chi connectivity index (χ1v) is 5.23. The lowest BCUT2D eigenvalue weighted by Gasteiger charge is -2.23. The van der Waals surface area contributed by atoms with Gasteiger partial charge in [-0.15, -0.1) is 0 Å². The summed E-state index contributed by atoms with van der Waals surface area (Å²) in [5.74, 6) is 1.70. The van der Waals surface area contributed by atoms with Gasteiger partial charge >= 0.3 is 0 Å². The zero-order valence-corrected chi connectivity index (χ0v) is 8.06. The maximum atomic E-state index is 4.39. The fourth-order valence-electron chi connectivity index (χ4n) is 2.04. The van der Waals surface area contributed by atoms with E-state index in [0.29, 0.717) is 5.92 Å². The van der Waals surface area contributed by atoms with E-state index in [1.165, 1.54) is 19.3 Å². The minimum Gasteiger partial charge on any atom is -0.179 e. The van der Waals surface area contributed by atoms with Gasteiger partial charge in [0.1, 0.15) is 0 Å². The predicted octanol–water partition coefficient (Wildman–Crippen LogP) is 3.04. The van der Waals surface area contributed by atoms with Gasteiger partial charge in [-0.3, -0.25) is 0 Å². The normalized spacial score (nSPS) is 21.9. The van der Waals surface area contributed by atoms with Gasteiger partial charge in [-0.25, -0.2) is 0 Å². The van der Waals surface area contributed by atoms with Crippen LogP contribution in [0.25, 0.3) is 0 Å². The van der Waals surface area contributed by atoms with E-state index in [4.69, 9.17) is 0 Å². The summed E-state index contributed by atoms with van der Waals surface area (Å²) in [4.78, 5) is 0. The highest BCUT2D eigenvalue weighted by atomic mass is 32.1. The van der Waals surface area contributed by atoms with Crippen LogP contribution in [0, 0.1) is 0 Å². The number of aryl methyl sites for hydroxylation is 1. The van der Waals surface area contributed by atoms with Crippen LogP contribution in [0.2, 0.25) is 0 Å². The van der Waals surface area contributed by atoms with E-state index in [1.807, 2.05) is 0 Å². The van der Waals surface area contributed by atoms with Crippen LogP contribution < -0.4 is 0 Å². The van der Waals surface area contributed by atoms with Gasteiger partial charge < -0.3 is 0 Å². The van der Waals surface area contributed by atoms with Gasteiger partial charge in [-0.2, -0.15) is 12.6 Å². The smallest absolute Gasteiger partial charge is 0.00288 e. The largest absolute Gasteiger partial charge is 0.179 e. The van der Waals surface area contributed by atoms with E-state index < -0.39 is 0 Å². The summed E-state index contributed by atoms with van der Waals surface area (Å²) in [6.07, 6.45) is 3.92. The monoisotopic (exact) mass is 178 g/mol. The SMILES string of the molecule is SCC1CCCc2ccccc21. The highest BCUT2D eigenvalue weighted by molar-refractivity contribution is 7.80. The number of hydrogen-bond acceptors (Lipinski definition) is 1. The highest BCUT2D eigenvalue weighted by Gasteiger charge is 2.17. The van der Waals surface area contributed by atoms with Gasteiger partial charge in [0.2, 0.25) is 0 Å². The van der Waals surface area contributed by atoms with Crippen LogP contribution in [0.4, 0.5) is 0 Å². The minimum atomic E-state index is 0.707. The average Bonchev–Trinajstić information content (AvgIpc) is 2.17. The molecule has 64 valence electrons. The van der Waals surface area contributed by atoms with Crippen molar-refractivity contribution in [1.82, 2.24) is 0 Å². The number of benzene rings is 1. The lowest BCUT2D eigenvalue weighted by atomic mass is 9.84. The Morgan fingerprint density at radius 2 is 2.17 bits per heavy atom. The number of fused-ring (bicyclic) bond motifs is 1. The maximum absolute atomic E-state index is 4.39. The first kappa shape index (κ1) is 8.18. The molecule has 1 heteroatoms. The second kappa shape index (κ2) is 3.53. The van der Waals surface area contributed by atoms with Crippen LogP contribution in [0.5, 0.6) is 0 Å². The Hall–Kier alpha value is -0.430. The molecular weight excluding hydrogens is 164 g/mol. The van der Waals surface area contributed by atoms with E-state index >= 15 is 0 Å². The van der Waals surface area contributed by atoms with E-state index in [9.17, 15) is 0 Å². The second-order valence-corrected chi connectivity index (χ2v) is 3.84. The lowest BCUT2D eigenvalue weighted by molar-refractivity contribution is 0.597. The molecular formula is C11H14S. The molecule has 0 fully saturated rings. The van der Waals surface area contributed by atoms with Crippen LogP contribution >= 0.6 is 12.6 Å². The molecule has 1 aliphatic rings. The van der Waals surface area contributed by atoms with Gasteiger partial charge in [0.25, 0.3) is 0 Å². The topological polar surface area (TPSA) is 0 Å². The van der Waals surface area contributed by atoms with E-state index in [2.05, 4.69) is 36.9 Å². The zero-order valence-electron chi connectivity index (χ0n) is 7.16. The standard InChI is InChI=1S/C11H14S/c12-8-10-6-3-5-9-4-1-2-7-11(9)10/h1-2,4,7,10,12H,3,5-6,8H2. The molecule has 0 saturated heterocycles. The summed E-state index contributed by atoms with van der Waals surface area (Å²) in [6, 6.07) is 8.79.